The molecule has 0 N–H and O–H groups in total. The van der Waals surface area contributed by atoms with Crippen LogP contribution in [0.25, 0.3) is 5.69 Å². The van der Waals surface area contributed by atoms with Crippen LogP contribution >= 0.6 is 11.8 Å². The lowest BCUT2D eigenvalue weighted by Crippen LogP contribution is -2.36. The largest absolute Gasteiger partial charge is 0.342 e. The Morgan fingerprint density at radius 1 is 0.963 bits per heavy atom. The smallest absolute Gasteiger partial charge is 0.233 e. The van der Waals surface area contributed by atoms with Crippen molar-refractivity contribution < 1.29 is 4.79 Å². The van der Waals surface area contributed by atoms with Crippen molar-refractivity contribution in [1.29, 1.82) is 0 Å². The summed E-state index contributed by atoms with van der Waals surface area (Å²) in [6.07, 6.45) is 5.86. The van der Waals surface area contributed by atoms with Crippen LogP contribution in [0, 0.1) is 6.92 Å². The highest BCUT2D eigenvalue weighted by atomic mass is 32.2. The molecule has 0 aliphatic carbocycles. The van der Waals surface area contributed by atoms with Crippen LogP contribution in [0.15, 0.2) is 29.4 Å². The van der Waals surface area contributed by atoms with Gasteiger partial charge in [0.2, 0.25) is 11.9 Å². The van der Waals surface area contributed by atoms with E-state index in [0.717, 1.165) is 55.8 Å². The van der Waals surface area contributed by atoms with Crippen molar-refractivity contribution in [3.8, 4) is 5.69 Å². The minimum atomic E-state index is 0.209. The van der Waals surface area contributed by atoms with E-state index in [1.807, 2.05) is 4.90 Å². The Hall–Kier alpha value is -2.02. The summed E-state index contributed by atoms with van der Waals surface area (Å²) in [5.41, 5.74) is 2.28. The number of nitrogens with zero attached hydrogens (tertiary/aromatic N) is 5. The Morgan fingerprint density at radius 2 is 1.63 bits per heavy atom. The van der Waals surface area contributed by atoms with E-state index in [-0.39, 0.29) is 5.91 Å². The molecule has 144 valence electrons. The average molecular weight is 386 g/mol. The van der Waals surface area contributed by atoms with E-state index < -0.39 is 0 Å². The maximum atomic E-state index is 12.6. The number of piperidine rings is 1. The number of hydrogen-bond donors (Lipinski definition) is 0. The Morgan fingerprint density at radius 3 is 2.33 bits per heavy atom. The van der Waals surface area contributed by atoms with Gasteiger partial charge < -0.3 is 9.80 Å². The Kier molecular flexibility index (Phi) is 5.66. The fourth-order valence-corrected chi connectivity index (χ4v) is 4.61. The molecule has 27 heavy (non-hydrogen) atoms. The number of rotatable bonds is 5. The Bertz CT molecular complexity index is 776. The zero-order valence-electron chi connectivity index (χ0n) is 15.9. The van der Waals surface area contributed by atoms with Gasteiger partial charge in [0.05, 0.1) is 11.4 Å². The van der Waals surface area contributed by atoms with Gasteiger partial charge in [0.15, 0.2) is 5.16 Å². The minimum Gasteiger partial charge on any atom is -0.342 e. The number of carbonyl (C=O) groups is 1. The molecular weight excluding hydrogens is 358 g/mol. The van der Waals surface area contributed by atoms with Crippen molar-refractivity contribution in [2.24, 2.45) is 0 Å². The molecule has 1 amide bonds. The fourth-order valence-electron chi connectivity index (χ4n) is 3.76. The number of aryl methyl sites for hydroxylation is 1. The van der Waals surface area contributed by atoms with E-state index in [0.29, 0.717) is 5.75 Å². The second kappa shape index (κ2) is 8.33. The third-order valence-electron chi connectivity index (χ3n) is 5.33. The van der Waals surface area contributed by atoms with E-state index >= 15 is 0 Å². The number of carbonyl (C=O) groups excluding carboxylic acids is 1. The molecule has 2 aliphatic heterocycles. The van der Waals surface area contributed by atoms with E-state index in [2.05, 4.69) is 50.9 Å². The van der Waals surface area contributed by atoms with Gasteiger partial charge in [-0.15, -0.1) is 10.2 Å². The molecule has 0 atom stereocenters. The number of likely N-dealkylation sites (tertiary alicyclic amines) is 1. The number of hydrogen-bond acceptors (Lipinski definition) is 5. The topological polar surface area (TPSA) is 54.3 Å². The number of anilines is 1. The maximum Gasteiger partial charge on any atom is 0.233 e. The van der Waals surface area contributed by atoms with E-state index in [4.69, 9.17) is 0 Å². The standard InChI is InChI=1S/C20H27N5OS/c1-16-7-9-17(10-8-16)25-19(24-13-5-6-14-24)21-22-20(25)27-15-18(26)23-11-3-2-4-12-23/h7-10H,2-6,11-15H2,1H3. The van der Waals surface area contributed by atoms with Crippen molar-refractivity contribution >= 4 is 23.6 Å². The first kappa shape index (κ1) is 18.3. The lowest BCUT2D eigenvalue weighted by Gasteiger charge is -2.26. The minimum absolute atomic E-state index is 0.209. The van der Waals surface area contributed by atoms with Crippen molar-refractivity contribution in [3.63, 3.8) is 0 Å². The highest BCUT2D eigenvalue weighted by Crippen LogP contribution is 2.29. The summed E-state index contributed by atoms with van der Waals surface area (Å²) in [5, 5.41) is 9.72. The van der Waals surface area contributed by atoms with Crippen LogP contribution in [-0.4, -0.2) is 57.5 Å². The molecule has 4 rings (SSSR count). The molecule has 2 fully saturated rings. The van der Waals surface area contributed by atoms with Crippen molar-refractivity contribution in [2.75, 3.05) is 36.8 Å². The average Bonchev–Trinajstić information content (AvgIpc) is 3.37. The lowest BCUT2D eigenvalue weighted by molar-refractivity contribution is -0.129. The normalized spacial score (nSPS) is 17.5. The number of thioether (sulfide) groups is 1. The number of aromatic nitrogens is 3. The third kappa shape index (κ3) is 4.13. The molecule has 0 radical (unpaired) electrons. The second-order valence-corrected chi connectivity index (χ2v) is 8.32. The molecular formula is C20H27N5OS. The monoisotopic (exact) mass is 385 g/mol. The maximum absolute atomic E-state index is 12.6. The molecule has 2 saturated heterocycles. The molecule has 2 aromatic rings. The second-order valence-electron chi connectivity index (χ2n) is 7.38. The Balaban J connectivity index is 1.56. The first-order valence-electron chi connectivity index (χ1n) is 9.90. The molecule has 0 spiro atoms. The summed E-state index contributed by atoms with van der Waals surface area (Å²) in [6, 6.07) is 8.43. The number of amides is 1. The SMILES string of the molecule is Cc1ccc(-n2c(SCC(=O)N3CCCCC3)nnc2N2CCCC2)cc1. The van der Waals surface area contributed by atoms with Gasteiger partial charge >= 0.3 is 0 Å². The van der Waals surface area contributed by atoms with Crippen molar-refractivity contribution in [1.82, 2.24) is 19.7 Å². The van der Waals surface area contributed by atoms with Crippen molar-refractivity contribution in [3.05, 3.63) is 29.8 Å². The van der Waals surface area contributed by atoms with Gasteiger partial charge in [-0.1, -0.05) is 29.5 Å². The van der Waals surface area contributed by atoms with Crippen LogP contribution in [0.2, 0.25) is 0 Å². The molecule has 0 unspecified atom stereocenters. The zero-order valence-corrected chi connectivity index (χ0v) is 16.7. The van der Waals surface area contributed by atoms with Crippen molar-refractivity contribution in [2.45, 2.75) is 44.2 Å². The fraction of sp³-hybridized carbons (Fsp3) is 0.550. The first-order chi connectivity index (χ1) is 13.2. The van der Waals surface area contributed by atoms with Crippen LogP contribution < -0.4 is 4.90 Å². The summed E-state index contributed by atoms with van der Waals surface area (Å²) in [7, 11) is 0. The summed E-state index contributed by atoms with van der Waals surface area (Å²) < 4.78 is 2.11. The van der Waals surface area contributed by atoms with Crippen LogP contribution in [0.4, 0.5) is 5.95 Å². The molecule has 7 heteroatoms. The molecule has 1 aromatic heterocycles. The number of benzene rings is 1. The predicted octanol–water partition coefficient (Wildman–Crippen LogP) is 3.28. The summed E-state index contributed by atoms with van der Waals surface area (Å²) >= 11 is 1.50. The van der Waals surface area contributed by atoms with Crippen LogP contribution in [0.5, 0.6) is 0 Å². The summed E-state index contributed by atoms with van der Waals surface area (Å²) in [6.45, 7) is 5.90. The van der Waals surface area contributed by atoms with Gasteiger partial charge in [0.25, 0.3) is 0 Å². The molecule has 1 aromatic carbocycles. The quantitative estimate of drug-likeness (QED) is 0.740. The molecule has 6 nitrogen and oxygen atoms in total. The summed E-state index contributed by atoms with van der Waals surface area (Å²) in [4.78, 5) is 16.8. The third-order valence-corrected chi connectivity index (χ3v) is 6.24. The summed E-state index contributed by atoms with van der Waals surface area (Å²) in [5.74, 6) is 1.52. The van der Waals surface area contributed by atoms with Gasteiger partial charge in [-0.05, 0) is 51.2 Å². The molecule has 0 saturated carbocycles. The van der Waals surface area contributed by atoms with Crippen LogP contribution in [0.3, 0.4) is 0 Å². The Labute approximate surface area is 164 Å². The first-order valence-corrected chi connectivity index (χ1v) is 10.9. The molecule has 0 bridgehead atoms. The lowest BCUT2D eigenvalue weighted by atomic mass is 10.1. The highest BCUT2D eigenvalue weighted by Gasteiger charge is 2.24. The van der Waals surface area contributed by atoms with E-state index in [1.54, 1.807) is 0 Å². The van der Waals surface area contributed by atoms with Gasteiger partial charge in [-0.3, -0.25) is 9.36 Å². The molecule has 3 heterocycles. The van der Waals surface area contributed by atoms with Crippen LogP contribution in [0.1, 0.15) is 37.7 Å². The van der Waals surface area contributed by atoms with E-state index in [1.165, 1.54) is 36.6 Å². The van der Waals surface area contributed by atoms with Gasteiger partial charge in [-0.2, -0.15) is 0 Å². The van der Waals surface area contributed by atoms with E-state index in [9.17, 15) is 4.79 Å². The predicted molar refractivity (Wildman–Crippen MR) is 109 cm³/mol. The van der Waals surface area contributed by atoms with Crippen LogP contribution in [-0.2, 0) is 4.79 Å². The van der Waals surface area contributed by atoms with Gasteiger partial charge in [0, 0.05) is 26.2 Å². The highest BCUT2D eigenvalue weighted by molar-refractivity contribution is 7.99. The van der Waals surface area contributed by atoms with Gasteiger partial charge in [-0.25, -0.2) is 0 Å². The zero-order chi connectivity index (χ0) is 18.6. The molecule has 2 aliphatic rings. The van der Waals surface area contributed by atoms with Gasteiger partial charge in [0.1, 0.15) is 0 Å².